The molecule has 1 aliphatic carbocycles. The van der Waals surface area contributed by atoms with E-state index in [9.17, 15) is 14.7 Å². The SMILES string of the molecule is COc1cc(CN(CC(=O)O)C(=O)C2CCCc3ccccc32)cc(OC)c1. The maximum atomic E-state index is 13.3. The van der Waals surface area contributed by atoms with Gasteiger partial charge in [-0.15, -0.1) is 0 Å². The van der Waals surface area contributed by atoms with E-state index < -0.39 is 5.97 Å². The summed E-state index contributed by atoms with van der Waals surface area (Å²) in [6.07, 6.45) is 2.60. The fourth-order valence-corrected chi connectivity index (χ4v) is 3.78. The van der Waals surface area contributed by atoms with Crippen molar-refractivity contribution < 1.29 is 24.2 Å². The van der Waals surface area contributed by atoms with E-state index in [1.165, 1.54) is 10.5 Å². The van der Waals surface area contributed by atoms with E-state index in [1.54, 1.807) is 32.4 Å². The number of rotatable bonds is 7. The van der Waals surface area contributed by atoms with Gasteiger partial charge in [0.2, 0.25) is 5.91 Å². The summed E-state index contributed by atoms with van der Waals surface area (Å²) in [4.78, 5) is 26.2. The second kappa shape index (κ2) is 8.78. The number of carbonyl (C=O) groups excluding carboxylic acids is 1. The van der Waals surface area contributed by atoms with Crippen molar-refractivity contribution in [3.63, 3.8) is 0 Å². The summed E-state index contributed by atoms with van der Waals surface area (Å²) in [6, 6.07) is 13.2. The number of benzene rings is 2. The molecule has 0 spiro atoms. The summed E-state index contributed by atoms with van der Waals surface area (Å²) in [6.45, 7) is -0.172. The molecule has 28 heavy (non-hydrogen) atoms. The molecule has 1 atom stereocenters. The van der Waals surface area contributed by atoms with Crippen LogP contribution < -0.4 is 9.47 Å². The minimum absolute atomic E-state index is 0.156. The number of carbonyl (C=O) groups is 2. The molecule has 0 bridgehead atoms. The highest BCUT2D eigenvalue weighted by atomic mass is 16.5. The number of fused-ring (bicyclic) bond motifs is 1. The number of ether oxygens (including phenoxy) is 2. The van der Waals surface area contributed by atoms with Crippen LogP contribution >= 0.6 is 0 Å². The van der Waals surface area contributed by atoms with Crippen molar-refractivity contribution in [2.45, 2.75) is 31.7 Å². The van der Waals surface area contributed by atoms with Crippen molar-refractivity contribution >= 4 is 11.9 Å². The molecule has 1 unspecified atom stereocenters. The molecule has 3 rings (SSSR count). The highest BCUT2D eigenvalue weighted by Crippen LogP contribution is 2.33. The predicted octanol–water partition coefficient (Wildman–Crippen LogP) is 3.24. The number of hydrogen-bond donors (Lipinski definition) is 1. The second-order valence-corrected chi connectivity index (χ2v) is 6.95. The van der Waals surface area contributed by atoms with Crippen LogP contribution in [-0.4, -0.2) is 42.6 Å². The number of aliphatic carboxylic acids is 1. The zero-order chi connectivity index (χ0) is 20.1. The molecular weight excluding hydrogens is 358 g/mol. The molecule has 2 aromatic carbocycles. The highest BCUT2D eigenvalue weighted by Gasteiger charge is 2.31. The molecule has 0 aliphatic heterocycles. The standard InChI is InChI=1S/C22H25NO5/c1-27-17-10-15(11-18(12-17)28-2)13-23(14-21(24)25)22(26)20-9-5-7-16-6-3-4-8-19(16)20/h3-4,6,8,10-12,20H,5,7,9,13-14H2,1-2H3,(H,24,25). The molecule has 0 saturated heterocycles. The van der Waals surface area contributed by atoms with Crippen LogP contribution in [0, 0.1) is 0 Å². The normalized spacial score (nSPS) is 15.4. The van der Waals surface area contributed by atoms with Crippen molar-refractivity contribution in [3.05, 3.63) is 59.2 Å². The minimum atomic E-state index is -1.03. The Kier molecular flexibility index (Phi) is 6.19. The molecule has 0 saturated carbocycles. The zero-order valence-electron chi connectivity index (χ0n) is 16.2. The Morgan fingerprint density at radius 3 is 2.43 bits per heavy atom. The van der Waals surface area contributed by atoms with E-state index in [1.807, 2.05) is 24.3 Å². The lowest BCUT2D eigenvalue weighted by Gasteiger charge is -2.30. The van der Waals surface area contributed by atoms with Gasteiger partial charge in [-0.3, -0.25) is 9.59 Å². The molecule has 0 aromatic heterocycles. The smallest absolute Gasteiger partial charge is 0.323 e. The molecule has 0 heterocycles. The third kappa shape index (κ3) is 4.44. The van der Waals surface area contributed by atoms with Crippen LogP contribution in [0.2, 0.25) is 0 Å². The Hall–Kier alpha value is -3.02. The van der Waals surface area contributed by atoms with Crippen molar-refractivity contribution in [1.29, 1.82) is 0 Å². The molecule has 6 heteroatoms. The number of aryl methyl sites for hydroxylation is 1. The molecule has 0 radical (unpaired) electrons. The fraction of sp³-hybridized carbons (Fsp3) is 0.364. The summed E-state index contributed by atoms with van der Waals surface area (Å²) in [5, 5.41) is 9.36. The molecule has 6 nitrogen and oxygen atoms in total. The van der Waals surface area contributed by atoms with Crippen LogP contribution in [0.4, 0.5) is 0 Å². The lowest BCUT2D eigenvalue weighted by atomic mass is 9.82. The topological polar surface area (TPSA) is 76.1 Å². The Bertz CT molecular complexity index is 842. The van der Waals surface area contributed by atoms with Crippen molar-refractivity contribution in [2.24, 2.45) is 0 Å². The molecule has 1 aliphatic rings. The Balaban J connectivity index is 1.89. The molecule has 148 valence electrons. The predicted molar refractivity (Wildman–Crippen MR) is 105 cm³/mol. The fourth-order valence-electron chi connectivity index (χ4n) is 3.78. The van der Waals surface area contributed by atoms with Gasteiger partial charge >= 0.3 is 5.97 Å². The number of amides is 1. The summed E-state index contributed by atoms with van der Waals surface area (Å²) in [5.74, 6) is -0.305. The van der Waals surface area contributed by atoms with E-state index in [4.69, 9.17) is 9.47 Å². The van der Waals surface area contributed by atoms with Crippen LogP contribution in [0.15, 0.2) is 42.5 Å². The second-order valence-electron chi connectivity index (χ2n) is 6.95. The van der Waals surface area contributed by atoms with Crippen molar-refractivity contribution in [3.8, 4) is 11.5 Å². The average Bonchev–Trinajstić information content (AvgIpc) is 2.71. The first-order chi connectivity index (χ1) is 13.5. The Morgan fingerprint density at radius 1 is 1.11 bits per heavy atom. The number of methoxy groups -OCH3 is 2. The lowest BCUT2D eigenvalue weighted by Crippen LogP contribution is -2.39. The first-order valence-corrected chi connectivity index (χ1v) is 9.32. The number of carboxylic acid groups (broad SMARTS) is 1. The maximum absolute atomic E-state index is 13.3. The van der Waals surface area contributed by atoms with Crippen molar-refractivity contribution in [1.82, 2.24) is 4.90 Å². The van der Waals surface area contributed by atoms with Gasteiger partial charge < -0.3 is 19.5 Å². The van der Waals surface area contributed by atoms with E-state index in [0.29, 0.717) is 11.5 Å². The number of hydrogen-bond acceptors (Lipinski definition) is 4. The molecule has 1 amide bonds. The van der Waals surface area contributed by atoms with Gasteiger partial charge in [-0.1, -0.05) is 24.3 Å². The first-order valence-electron chi connectivity index (χ1n) is 9.32. The van der Waals surface area contributed by atoms with E-state index in [-0.39, 0.29) is 24.9 Å². The third-order valence-corrected chi connectivity index (χ3v) is 5.09. The van der Waals surface area contributed by atoms with Gasteiger partial charge in [0.05, 0.1) is 20.1 Å². The van der Waals surface area contributed by atoms with Crippen LogP contribution in [-0.2, 0) is 22.6 Å². The summed E-state index contributed by atoms with van der Waals surface area (Å²) in [7, 11) is 3.11. The van der Waals surface area contributed by atoms with E-state index in [2.05, 4.69) is 0 Å². The van der Waals surface area contributed by atoms with Gasteiger partial charge in [-0.05, 0) is 48.1 Å². The minimum Gasteiger partial charge on any atom is -0.497 e. The number of carboxylic acids is 1. The molecule has 1 N–H and O–H groups in total. The number of nitrogens with zero attached hydrogens (tertiary/aromatic N) is 1. The molecular formula is C22H25NO5. The van der Waals surface area contributed by atoms with Gasteiger partial charge in [-0.25, -0.2) is 0 Å². The van der Waals surface area contributed by atoms with Crippen LogP contribution in [0.5, 0.6) is 11.5 Å². The Labute approximate surface area is 164 Å². The highest BCUT2D eigenvalue weighted by molar-refractivity contribution is 5.87. The summed E-state index contributed by atoms with van der Waals surface area (Å²) in [5.41, 5.74) is 2.94. The maximum Gasteiger partial charge on any atom is 0.323 e. The lowest BCUT2D eigenvalue weighted by molar-refractivity contribution is -0.145. The Morgan fingerprint density at radius 2 is 1.79 bits per heavy atom. The van der Waals surface area contributed by atoms with Crippen LogP contribution in [0.25, 0.3) is 0 Å². The van der Waals surface area contributed by atoms with Gasteiger partial charge in [0.25, 0.3) is 0 Å². The largest absolute Gasteiger partial charge is 0.497 e. The molecule has 2 aromatic rings. The van der Waals surface area contributed by atoms with Gasteiger partial charge in [-0.2, -0.15) is 0 Å². The van der Waals surface area contributed by atoms with E-state index >= 15 is 0 Å². The monoisotopic (exact) mass is 383 g/mol. The first kappa shape index (κ1) is 19.7. The van der Waals surface area contributed by atoms with Crippen LogP contribution in [0.3, 0.4) is 0 Å². The van der Waals surface area contributed by atoms with Crippen LogP contribution in [0.1, 0.15) is 35.4 Å². The summed E-state index contributed by atoms with van der Waals surface area (Å²) < 4.78 is 10.6. The van der Waals surface area contributed by atoms with E-state index in [0.717, 1.165) is 30.4 Å². The van der Waals surface area contributed by atoms with Gasteiger partial charge in [0, 0.05) is 12.6 Å². The zero-order valence-corrected chi connectivity index (χ0v) is 16.2. The quantitative estimate of drug-likeness (QED) is 0.794. The van der Waals surface area contributed by atoms with Gasteiger partial charge in [0.15, 0.2) is 0 Å². The summed E-state index contributed by atoms with van der Waals surface area (Å²) >= 11 is 0. The average molecular weight is 383 g/mol. The van der Waals surface area contributed by atoms with Gasteiger partial charge in [0.1, 0.15) is 18.0 Å². The molecule has 0 fully saturated rings. The van der Waals surface area contributed by atoms with Crippen molar-refractivity contribution in [2.75, 3.05) is 20.8 Å². The third-order valence-electron chi connectivity index (χ3n) is 5.09.